The first-order chi connectivity index (χ1) is 6.65. The Balaban J connectivity index is 2.68. The summed E-state index contributed by atoms with van der Waals surface area (Å²) in [6, 6.07) is 0. The summed E-state index contributed by atoms with van der Waals surface area (Å²) in [6.45, 7) is 0. The zero-order valence-corrected chi connectivity index (χ0v) is 8.91. The number of anilines is 2. The van der Waals surface area contributed by atoms with Gasteiger partial charge in [-0.25, -0.2) is 0 Å². The molecule has 5 N–H and O–H groups in total. The number of hydrogen-bond donors (Lipinski definition) is 4. The van der Waals surface area contributed by atoms with Crippen LogP contribution < -0.4 is 21.9 Å². The Labute approximate surface area is 91.2 Å². The first-order valence-corrected chi connectivity index (χ1v) is 4.44. The first-order valence-electron chi connectivity index (χ1n) is 3.65. The van der Waals surface area contributed by atoms with Gasteiger partial charge in [0.25, 0.3) is 0 Å². The van der Waals surface area contributed by atoms with Crippen molar-refractivity contribution in [2.75, 3.05) is 18.2 Å². The summed E-state index contributed by atoms with van der Waals surface area (Å²) >= 11 is 10.6. The van der Waals surface area contributed by atoms with E-state index in [1.54, 1.807) is 7.05 Å². The van der Waals surface area contributed by atoms with Crippen molar-refractivity contribution >= 4 is 40.4 Å². The molecule has 0 spiro atoms. The van der Waals surface area contributed by atoms with Crippen molar-refractivity contribution in [2.45, 2.75) is 0 Å². The molecule has 1 rings (SSSR count). The Morgan fingerprint density at radius 2 is 2.36 bits per heavy atom. The zero-order chi connectivity index (χ0) is 10.6. The Kier molecular flexibility index (Phi) is 3.66. The fourth-order valence-corrected chi connectivity index (χ4v) is 0.829. The third kappa shape index (κ3) is 2.57. The van der Waals surface area contributed by atoms with Gasteiger partial charge >= 0.3 is 0 Å². The van der Waals surface area contributed by atoms with E-state index in [4.69, 9.17) is 29.6 Å². The molecule has 0 radical (unpaired) electrons. The predicted octanol–water partition coefficient (Wildman–Crippen LogP) is 0.133. The lowest BCUT2D eigenvalue weighted by Gasteiger charge is -2.10. The van der Waals surface area contributed by atoms with E-state index in [-0.39, 0.29) is 0 Å². The maximum Gasteiger partial charge on any atom is 0.188 e. The highest BCUT2D eigenvalue weighted by Crippen LogP contribution is 2.23. The van der Waals surface area contributed by atoms with E-state index in [9.17, 15) is 0 Å². The van der Waals surface area contributed by atoms with Crippen LogP contribution in [-0.2, 0) is 0 Å². The minimum atomic E-state index is 0.298. The molecule has 0 saturated carbocycles. The van der Waals surface area contributed by atoms with E-state index < -0.39 is 0 Å². The molecule has 0 saturated heterocycles. The number of nitrogen functional groups attached to an aromatic ring is 1. The monoisotopic (exact) mass is 232 g/mol. The molecule has 0 aliphatic heterocycles. The maximum absolute atomic E-state index is 5.83. The molecule has 1 heterocycles. The number of thiocarbonyl (C=S) groups is 1. The number of hydrazine groups is 1. The molecule has 0 amide bonds. The van der Waals surface area contributed by atoms with E-state index in [1.165, 1.54) is 6.20 Å². The van der Waals surface area contributed by atoms with Crippen LogP contribution in [0.1, 0.15) is 0 Å². The lowest BCUT2D eigenvalue weighted by molar-refractivity contribution is 0.972. The fraction of sp³-hybridized carbons (Fsp3) is 0.167. The topological polar surface area (TPSA) is 87.9 Å². The van der Waals surface area contributed by atoms with Gasteiger partial charge in [-0.2, -0.15) is 5.10 Å². The van der Waals surface area contributed by atoms with E-state index in [1.807, 2.05) is 0 Å². The van der Waals surface area contributed by atoms with Gasteiger partial charge in [-0.1, -0.05) is 11.6 Å². The molecule has 0 unspecified atom stereocenters. The highest BCUT2D eigenvalue weighted by atomic mass is 35.5. The molecule has 6 nitrogen and oxygen atoms in total. The third-order valence-corrected chi connectivity index (χ3v) is 2.04. The second-order valence-electron chi connectivity index (χ2n) is 2.29. The average Bonchev–Trinajstić information content (AvgIpc) is 2.20. The Morgan fingerprint density at radius 1 is 1.64 bits per heavy atom. The standard InChI is InChI=1S/C6H9ClN6S/c1-9-6(14)13-12-5-4(7)3(8)2-10-11-5/h2H,1H3,(H3,8,11,12)(H2,9,13,14). The molecule has 0 aliphatic carbocycles. The van der Waals surface area contributed by atoms with Gasteiger partial charge in [-0.15, -0.1) is 5.10 Å². The number of nitrogens with zero attached hydrogens (tertiary/aromatic N) is 2. The second kappa shape index (κ2) is 4.77. The van der Waals surface area contributed by atoms with Gasteiger partial charge in [0.15, 0.2) is 10.9 Å². The Hall–Kier alpha value is -1.34. The van der Waals surface area contributed by atoms with Crippen LogP contribution in [0.15, 0.2) is 6.20 Å². The summed E-state index contributed by atoms with van der Waals surface area (Å²) in [5, 5.41) is 10.8. The van der Waals surface area contributed by atoms with Crippen molar-refractivity contribution in [1.29, 1.82) is 0 Å². The highest BCUT2D eigenvalue weighted by molar-refractivity contribution is 7.80. The van der Waals surface area contributed by atoms with Crippen molar-refractivity contribution in [3.05, 3.63) is 11.2 Å². The van der Waals surface area contributed by atoms with Gasteiger partial charge in [-0.05, 0) is 12.2 Å². The lowest BCUT2D eigenvalue weighted by Crippen LogP contribution is -2.37. The quantitative estimate of drug-likeness (QED) is 0.426. The van der Waals surface area contributed by atoms with Crippen LogP contribution in [0, 0.1) is 0 Å². The minimum absolute atomic E-state index is 0.298. The molecule has 0 aromatic carbocycles. The lowest BCUT2D eigenvalue weighted by atomic mass is 10.5. The SMILES string of the molecule is CNC(=S)NNc1nncc(N)c1Cl. The molecular formula is C6H9ClN6S. The summed E-state index contributed by atoms with van der Waals surface area (Å²) in [4.78, 5) is 0. The van der Waals surface area contributed by atoms with Crippen molar-refractivity contribution in [2.24, 2.45) is 0 Å². The number of nitrogens with two attached hydrogens (primary N) is 1. The number of halogens is 1. The smallest absolute Gasteiger partial charge is 0.188 e. The summed E-state index contributed by atoms with van der Waals surface area (Å²) in [7, 11) is 1.68. The normalized spacial score (nSPS) is 9.29. The van der Waals surface area contributed by atoms with E-state index >= 15 is 0 Å². The van der Waals surface area contributed by atoms with Crippen LogP contribution in [0.5, 0.6) is 0 Å². The number of aromatic nitrogens is 2. The summed E-state index contributed by atoms with van der Waals surface area (Å²) in [5.74, 6) is 0.323. The molecule has 0 bridgehead atoms. The van der Waals surface area contributed by atoms with E-state index in [2.05, 4.69) is 26.4 Å². The molecule has 0 atom stereocenters. The summed E-state index contributed by atoms with van der Waals surface area (Å²) < 4.78 is 0. The maximum atomic E-state index is 5.83. The molecule has 0 aliphatic rings. The van der Waals surface area contributed by atoms with Gasteiger partial charge in [0.2, 0.25) is 0 Å². The highest BCUT2D eigenvalue weighted by Gasteiger charge is 2.05. The van der Waals surface area contributed by atoms with Crippen molar-refractivity contribution in [3.63, 3.8) is 0 Å². The molecule has 8 heteroatoms. The van der Waals surface area contributed by atoms with E-state index in [0.29, 0.717) is 21.6 Å². The summed E-state index contributed by atoms with van der Waals surface area (Å²) in [5.41, 5.74) is 11.2. The Morgan fingerprint density at radius 3 is 3.00 bits per heavy atom. The molecule has 1 aromatic rings. The van der Waals surface area contributed by atoms with Gasteiger partial charge in [0.1, 0.15) is 5.02 Å². The van der Waals surface area contributed by atoms with Crippen molar-refractivity contribution in [3.8, 4) is 0 Å². The van der Waals surface area contributed by atoms with Gasteiger partial charge < -0.3 is 11.1 Å². The van der Waals surface area contributed by atoms with Gasteiger partial charge in [-0.3, -0.25) is 10.9 Å². The van der Waals surface area contributed by atoms with Crippen molar-refractivity contribution in [1.82, 2.24) is 20.9 Å². The van der Waals surface area contributed by atoms with Crippen LogP contribution in [0.2, 0.25) is 5.02 Å². The largest absolute Gasteiger partial charge is 0.396 e. The Bertz CT molecular complexity index is 343. The van der Waals surface area contributed by atoms with E-state index in [0.717, 1.165) is 0 Å². The third-order valence-electron chi connectivity index (χ3n) is 1.34. The van der Waals surface area contributed by atoms with Crippen LogP contribution in [-0.4, -0.2) is 22.4 Å². The minimum Gasteiger partial charge on any atom is -0.396 e. The van der Waals surface area contributed by atoms with Crippen molar-refractivity contribution < 1.29 is 0 Å². The van der Waals surface area contributed by atoms with Crippen LogP contribution in [0.3, 0.4) is 0 Å². The number of hydrogen-bond acceptors (Lipinski definition) is 5. The predicted molar refractivity (Wildman–Crippen MR) is 59.9 cm³/mol. The fourth-order valence-electron chi connectivity index (χ4n) is 0.644. The molecule has 1 aromatic heterocycles. The number of rotatable bonds is 2. The van der Waals surface area contributed by atoms with Crippen LogP contribution >= 0.6 is 23.8 Å². The average molecular weight is 233 g/mol. The van der Waals surface area contributed by atoms with Gasteiger partial charge in [0.05, 0.1) is 11.9 Å². The molecule has 0 fully saturated rings. The second-order valence-corrected chi connectivity index (χ2v) is 3.08. The van der Waals surface area contributed by atoms with Crippen LogP contribution in [0.25, 0.3) is 0 Å². The molecule has 14 heavy (non-hydrogen) atoms. The summed E-state index contributed by atoms with van der Waals surface area (Å²) in [6.07, 6.45) is 1.36. The number of nitrogens with one attached hydrogen (secondary N) is 3. The molecular weight excluding hydrogens is 224 g/mol. The zero-order valence-electron chi connectivity index (χ0n) is 7.34. The van der Waals surface area contributed by atoms with Crippen LogP contribution in [0.4, 0.5) is 11.5 Å². The van der Waals surface area contributed by atoms with Gasteiger partial charge in [0, 0.05) is 7.05 Å². The first kappa shape index (κ1) is 10.7. The molecule has 76 valence electrons.